The Morgan fingerprint density at radius 2 is 2.00 bits per heavy atom. The van der Waals surface area contributed by atoms with E-state index in [2.05, 4.69) is 17.6 Å². The van der Waals surface area contributed by atoms with Crippen molar-refractivity contribution >= 4 is 11.6 Å². The van der Waals surface area contributed by atoms with Gasteiger partial charge >= 0.3 is 0 Å². The molecule has 0 aliphatic carbocycles. The molecule has 0 fully saturated rings. The highest BCUT2D eigenvalue weighted by molar-refractivity contribution is 5.75. The fraction of sp³-hybridized carbons (Fsp3) is 0.611. The Bertz CT molecular complexity index is 464. The highest BCUT2D eigenvalue weighted by Crippen LogP contribution is 2.25. The molecule has 0 spiro atoms. The SMILES string of the molecule is CCCCCCCC(=O)NCc1ccc(NCCN)c(OC)c1. The molecule has 0 radical (unpaired) electrons. The van der Waals surface area contributed by atoms with Crippen LogP contribution >= 0.6 is 0 Å². The summed E-state index contributed by atoms with van der Waals surface area (Å²) >= 11 is 0. The van der Waals surface area contributed by atoms with E-state index in [1.807, 2.05) is 18.2 Å². The Morgan fingerprint density at radius 3 is 2.70 bits per heavy atom. The number of carbonyl (C=O) groups is 1. The Kier molecular flexibility index (Phi) is 9.87. The summed E-state index contributed by atoms with van der Waals surface area (Å²) in [6, 6.07) is 5.89. The average Bonchev–Trinajstić information content (AvgIpc) is 2.58. The van der Waals surface area contributed by atoms with Gasteiger partial charge in [0, 0.05) is 26.1 Å². The third kappa shape index (κ3) is 7.88. The molecule has 5 nitrogen and oxygen atoms in total. The zero-order valence-electron chi connectivity index (χ0n) is 14.5. The van der Waals surface area contributed by atoms with E-state index in [1.54, 1.807) is 7.11 Å². The van der Waals surface area contributed by atoms with E-state index in [0.717, 1.165) is 29.8 Å². The molecule has 0 heterocycles. The molecule has 0 aromatic heterocycles. The van der Waals surface area contributed by atoms with Gasteiger partial charge in [-0.3, -0.25) is 4.79 Å². The lowest BCUT2D eigenvalue weighted by Gasteiger charge is -2.12. The van der Waals surface area contributed by atoms with E-state index in [9.17, 15) is 4.79 Å². The molecule has 0 aliphatic rings. The molecule has 0 saturated carbocycles. The Labute approximate surface area is 140 Å². The van der Waals surface area contributed by atoms with Gasteiger partial charge in [-0.15, -0.1) is 0 Å². The summed E-state index contributed by atoms with van der Waals surface area (Å²) in [7, 11) is 1.64. The maximum Gasteiger partial charge on any atom is 0.220 e. The minimum atomic E-state index is 0.116. The number of carbonyl (C=O) groups excluding carboxylic acids is 1. The number of anilines is 1. The molecule has 5 heteroatoms. The van der Waals surface area contributed by atoms with E-state index in [-0.39, 0.29) is 5.91 Å². The molecule has 0 saturated heterocycles. The second-order valence-corrected chi connectivity index (χ2v) is 5.69. The van der Waals surface area contributed by atoms with Crippen LogP contribution in [0.5, 0.6) is 5.75 Å². The zero-order chi connectivity index (χ0) is 16.9. The molecule has 23 heavy (non-hydrogen) atoms. The van der Waals surface area contributed by atoms with E-state index >= 15 is 0 Å². The van der Waals surface area contributed by atoms with Crippen LogP contribution in [0.1, 0.15) is 51.0 Å². The maximum atomic E-state index is 11.8. The van der Waals surface area contributed by atoms with Gasteiger partial charge in [-0.1, -0.05) is 38.7 Å². The van der Waals surface area contributed by atoms with Gasteiger partial charge in [-0.25, -0.2) is 0 Å². The van der Waals surface area contributed by atoms with Gasteiger partial charge in [-0.2, -0.15) is 0 Å². The van der Waals surface area contributed by atoms with Crippen LogP contribution in [-0.2, 0) is 11.3 Å². The lowest BCUT2D eigenvalue weighted by molar-refractivity contribution is -0.121. The van der Waals surface area contributed by atoms with E-state index < -0.39 is 0 Å². The molecular weight excluding hydrogens is 290 g/mol. The summed E-state index contributed by atoms with van der Waals surface area (Å²) in [6.45, 7) is 3.99. The molecule has 4 N–H and O–H groups in total. The van der Waals surface area contributed by atoms with Crippen molar-refractivity contribution in [1.82, 2.24) is 5.32 Å². The highest BCUT2D eigenvalue weighted by Gasteiger charge is 2.06. The molecule has 1 rings (SSSR count). The molecule has 1 aromatic carbocycles. The lowest BCUT2D eigenvalue weighted by Crippen LogP contribution is -2.22. The first kappa shape index (κ1) is 19.3. The van der Waals surface area contributed by atoms with Crippen LogP contribution in [0, 0.1) is 0 Å². The predicted molar refractivity (Wildman–Crippen MR) is 95.8 cm³/mol. The number of nitrogens with two attached hydrogens (primary N) is 1. The van der Waals surface area contributed by atoms with Crippen molar-refractivity contribution in [3.05, 3.63) is 23.8 Å². The van der Waals surface area contributed by atoms with Gasteiger partial charge in [0.25, 0.3) is 0 Å². The second-order valence-electron chi connectivity index (χ2n) is 5.69. The number of rotatable bonds is 12. The third-order valence-corrected chi connectivity index (χ3v) is 3.72. The Balaban J connectivity index is 2.37. The van der Waals surface area contributed by atoms with Gasteiger partial charge in [0.1, 0.15) is 5.75 Å². The monoisotopic (exact) mass is 321 g/mol. The second kappa shape index (κ2) is 11.8. The number of hydrogen-bond acceptors (Lipinski definition) is 4. The van der Waals surface area contributed by atoms with Gasteiger partial charge in [0.05, 0.1) is 12.8 Å². The lowest BCUT2D eigenvalue weighted by atomic mass is 10.1. The van der Waals surface area contributed by atoms with Crippen molar-refractivity contribution in [2.75, 3.05) is 25.5 Å². The number of unbranched alkanes of at least 4 members (excludes halogenated alkanes) is 4. The summed E-state index contributed by atoms with van der Waals surface area (Å²) in [5, 5.41) is 6.18. The van der Waals surface area contributed by atoms with Gasteiger partial charge < -0.3 is 21.1 Å². The molecular formula is C18H31N3O2. The number of amides is 1. The van der Waals surface area contributed by atoms with Crippen molar-refractivity contribution in [2.24, 2.45) is 5.73 Å². The average molecular weight is 321 g/mol. The normalized spacial score (nSPS) is 10.4. The number of benzene rings is 1. The summed E-state index contributed by atoms with van der Waals surface area (Å²) in [5.41, 5.74) is 7.44. The first-order valence-electron chi connectivity index (χ1n) is 8.58. The van der Waals surface area contributed by atoms with Crippen molar-refractivity contribution in [3.8, 4) is 5.75 Å². The van der Waals surface area contributed by atoms with Crippen LogP contribution in [0.25, 0.3) is 0 Å². The van der Waals surface area contributed by atoms with Crippen molar-refractivity contribution in [1.29, 1.82) is 0 Å². The summed E-state index contributed by atoms with van der Waals surface area (Å²) in [4.78, 5) is 11.8. The minimum Gasteiger partial charge on any atom is -0.495 e. The third-order valence-electron chi connectivity index (χ3n) is 3.72. The molecule has 0 unspecified atom stereocenters. The Hall–Kier alpha value is -1.75. The molecule has 1 amide bonds. The smallest absolute Gasteiger partial charge is 0.220 e. The van der Waals surface area contributed by atoms with E-state index in [1.165, 1.54) is 19.3 Å². The summed E-state index contributed by atoms with van der Waals surface area (Å²) in [5.74, 6) is 0.885. The summed E-state index contributed by atoms with van der Waals surface area (Å²) < 4.78 is 5.38. The molecule has 0 bridgehead atoms. The zero-order valence-corrected chi connectivity index (χ0v) is 14.5. The molecule has 130 valence electrons. The molecule has 0 aliphatic heterocycles. The number of nitrogens with one attached hydrogen (secondary N) is 2. The van der Waals surface area contributed by atoms with Crippen LogP contribution in [0.15, 0.2) is 18.2 Å². The van der Waals surface area contributed by atoms with Gasteiger partial charge in [0.2, 0.25) is 5.91 Å². The largest absolute Gasteiger partial charge is 0.495 e. The summed E-state index contributed by atoms with van der Waals surface area (Å²) in [6.07, 6.45) is 6.42. The first-order valence-corrected chi connectivity index (χ1v) is 8.58. The predicted octanol–water partition coefficient (Wildman–Crippen LogP) is 3.04. The van der Waals surface area contributed by atoms with E-state index in [0.29, 0.717) is 26.1 Å². The number of methoxy groups -OCH3 is 1. The standard InChI is InChI=1S/C18H31N3O2/c1-3-4-5-6-7-8-18(22)21-14-15-9-10-16(20-12-11-19)17(13-15)23-2/h9-10,13,20H,3-8,11-12,14,19H2,1-2H3,(H,21,22). The van der Waals surface area contributed by atoms with Crippen molar-refractivity contribution in [2.45, 2.75) is 52.0 Å². The quantitative estimate of drug-likeness (QED) is 0.517. The van der Waals surface area contributed by atoms with Crippen molar-refractivity contribution in [3.63, 3.8) is 0 Å². The van der Waals surface area contributed by atoms with Crippen LogP contribution in [0.2, 0.25) is 0 Å². The van der Waals surface area contributed by atoms with Gasteiger partial charge in [0.15, 0.2) is 0 Å². The van der Waals surface area contributed by atoms with Crippen LogP contribution in [-0.4, -0.2) is 26.1 Å². The topological polar surface area (TPSA) is 76.4 Å². The fourth-order valence-electron chi connectivity index (χ4n) is 2.38. The maximum absolute atomic E-state index is 11.8. The van der Waals surface area contributed by atoms with Crippen LogP contribution in [0.3, 0.4) is 0 Å². The first-order chi connectivity index (χ1) is 11.2. The van der Waals surface area contributed by atoms with Gasteiger partial charge in [-0.05, 0) is 24.1 Å². The fourth-order valence-corrected chi connectivity index (χ4v) is 2.38. The van der Waals surface area contributed by atoms with E-state index in [4.69, 9.17) is 10.5 Å². The number of hydrogen-bond donors (Lipinski definition) is 3. The molecule has 1 aromatic rings. The van der Waals surface area contributed by atoms with Crippen molar-refractivity contribution < 1.29 is 9.53 Å². The molecule has 0 atom stereocenters. The number of ether oxygens (including phenoxy) is 1. The van der Waals surface area contributed by atoms with Crippen LogP contribution in [0.4, 0.5) is 5.69 Å². The minimum absolute atomic E-state index is 0.116. The Morgan fingerprint density at radius 1 is 1.22 bits per heavy atom. The van der Waals surface area contributed by atoms with Crippen LogP contribution < -0.4 is 21.1 Å². The highest BCUT2D eigenvalue weighted by atomic mass is 16.5.